The summed E-state index contributed by atoms with van der Waals surface area (Å²) in [5, 5.41) is 10.3. The Labute approximate surface area is 138 Å². The summed E-state index contributed by atoms with van der Waals surface area (Å²) in [6, 6.07) is 0. The molecule has 130 valence electrons. The molecular weight excluding hydrogens is 294 g/mol. The Hall–Kier alpha value is -1.63. The summed E-state index contributed by atoms with van der Waals surface area (Å²) >= 11 is 0. The third kappa shape index (κ3) is 6.99. The second kappa shape index (κ2) is 10.2. The van der Waals surface area contributed by atoms with Crippen molar-refractivity contribution in [1.29, 1.82) is 0 Å². The SMILES string of the molecule is CCNC(=NCc1noc(C)n1)NCCOC1CCCCCC1. The Morgan fingerprint density at radius 3 is 2.70 bits per heavy atom. The van der Waals surface area contributed by atoms with Crippen molar-refractivity contribution in [2.75, 3.05) is 19.7 Å². The molecule has 0 saturated heterocycles. The van der Waals surface area contributed by atoms with E-state index in [-0.39, 0.29) is 0 Å². The number of nitrogens with one attached hydrogen (secondary N) is 2. The second-order valence-corrected chi connectivity index (χ2v) is 5.84. The van der Waals surface area contributed by atoms with Crippen LogP contribution in [0.4, 0.5) is 0 Å². The number of nitrogens with zero attached hydrogens (tertiary/aromatic N) is 3. The molecule has 0 radical (unpaired) electrons. The van der Waals surface area contributed by atoms with Gasteiger partial charge in [0.05, 0.1) is 12.7 Å². The van der Waals surface area contributed by atoms with E-state index in [9.17, 15) is 0 Å². The van der Waals surface area contributed by atoms with Crippen LogP contribution in [0.5, 0.6) is 0 Å². The number of hydrogen-bond donors (Lipinski definition) is 2. The van der Waals surface area contributed by atoms with Gasteiger partial charge in [-0.25, -0.2) is 4.99 Å². The molecular formula is C16H29N5O2. The van der Waals surface area contributed by atoms with E-state index in [1.165, 1.54) is 38.5 Å². The molecule has 0 atom stereocenters. The van der Waals surface area contributed by atoms with Gasteiger partial charge in [0.25, 0.3) is 0 Å². The number of rotatable bonds is 7. The van der Waals surface area contributed by atoms with Gasteiger partial charge in [-0.05, 0) is 19.8 Å². The molecule has 0 aromatic carbocycles. The summed E-state index contributed by atoms with van der Waals surface area (Å²) in [6.45, 7) is 6.47. The fourth-order valence-electron chi connectivity index (χ4n) is 2.70. The van der Waals surface area contributed by atoms with Gasteiger partial charge in [-0.1, -0.05) is 30.8 Å². The predicted octanol–water partition coefficient (Wildman–Crippen LogP) is 2.17. The van der Waals surface area contributed by atoms with Crippen LogP contribution < -0.4 is 10.6 Å². The maximum Gasteiger partial charge on any atom is 0.223 e. The molecule has 0 amide bonds. The third-order valence-electron chi connectivity index (χ3n) is 3.84. The van der Waals surface area contributed by atoms with Gasteiger partial charge >= 0.3 is 0 Å². The minimum Gasteiger partial charge on any atom is -0.376 e. The Kier molecular flexibility index (Phi) is 7.86. The Morgan fingerprint density at radius 2 is 2.04 bits per heavy atom. The zero-order chi connectivity index (χ0) is 16.3. The van der Waals surface area contributed by atoms with Gasteiger partial charge in [0.1, 0.15) is 6.54 Å². The quantitative estimate of drug-likeness (QED) is 0.346. The summed E-state index contributed by atoms with van der Waals surface area (Å²) in [7, 11) is 0. The van der Waals surface area contributed by atoms with Gasteiger partial charge in [-0.2, -0.15) is 4.98 Å². The summed E-state index contributed by atoms with van der Waals surface area (Å²) < 4.78 is 10.9. The molecule has 7 nitrogen and oxygen atoms in total. The van der Waals surface area contributed by atoms with Crippen molar-refractivity contribution in [3.8, 4) is 0 Å². The number of hydrogen-bond acceptors (Lipinski definition) is 5. The molecule has 1 saturated carbocycles. The summed E-state index contributed by atoms with van der Waals surface area (Å²) in [5.74, 6) is 1.90. The highest BCUT2D eigenvalue weighted by Gasteiger charge is 2.12. The predicted molar refractivity (Wildman–Crippen MR) is 89.3 cm³/mol. The average Bonchev–Trinajstić information content (AvgIpc) is 2.80. The van der Waals surface area contributed by atoms with Crippen LogP contribution in [-0.4, -0.2) is 41.9 Å². The molecule has 0 unspecified atom stereocenters. The van der Waals surface area contributed by atoms with Crippen molar-refractivity contribution < 1.29 is 9.26 Å². The fourth-order valence-corrected chi connectivity index (χ4v) is 2.70. The first-order chi connectivity index (χ1) is 11.3. The summed E-state index contributed by atoms with van der Waals surface area (Å²) in [4.78, 5) is 8.59. The molecule has 1 aliphatic rings. The van der Waals surface area contributed by atoms with Gasteiger partial charge in [0.2, 0.25) is 5.89 Å². The zero-order valence-electron chi connectivity index (χ0n) is 14.3. The number of guanidine groups is 1. The van der Waals surface area contributed by atoms with Crippen LogP contribution in [0.1, 0.15) is 57.2 Å². The molecule has 1 aromatic heterocycles. The third-order valence-corrected chi connectivity index (χ3v) is 3.84. The second-order valence-electron chi connectivity index (χ2n) is 5.84. The van der Waals surface area contributed by atoms with Gasteiger partial charge < -0.3 is 19.9 Å². The summed E-state index contributed by atoms with van der Waals surface area (Å²) in [5.41, 5.74) is 0. The lowest BCUT2D eigenvalue weighted by Crippen LogP contribution is -2.39. The highest BCUT2D eigenvalue weighted by Crippen LogP contribution is 2.19. The molecule has 0 spiro atoms. The molecule has 1 heterocycles. The lowest BCUT2D eigenvalue weighted by Gasteiger charge is -2.16. The lowest BCUT2D eigenvalue weighted by atomic mass is 10.1. The average molecular weight is 323 g/mol. The van der Waals surface area contributed by atoms with Crippen LogP contribution in [0, 0.1) is 6.92 Å². The summed E-state index contributed by atoms with van der Waals surface area (Å²) in [6.07, 6.45) is 8.13. The Balaban J connectivity index is 1.69. The highest BCUT2D eigenvalue weighted by molar-refractivity contribution is 5.79. The van der Waals surface area contributed by atoms with E-state index in [0.717, 1.165) is 19.0 Å². The first-order valence-corrected chi connectivity index (χ1v) is 8.71. The molecule has 2 rings (SSSR count). The minimum absolute atomic E-state index is 0.399. The molecule has 2 N–H and O–H groups in total. The first-order valence-electron chi connectivity index (χ1n) is 8.71. The normalized spacial score (nSPS) is 17.0. The highest BCUT2D eigenvalue weighted by atomic mass is 16.5. The smallest absolute Gasteiger partial charge is 0.223 e. The van der Waals surface area contributed by atoms with E-state index in [1.54, 1.807) is 6.92 Å². The maximum atomic E-state index is 5.97. The van der Waals surface area contributed by atoms with E-state index < -0.39 is 0 Å². The molecule has 1 aromatic rings. The maximum absolute atomic E-state index is 5.97. The molecule has 1 aliphatic carbocycles. The monoisotopic (exact) mass is 323 g/mol. The lowest BCUT2D eigenvalue weighted by molar-refractivity contribution is 0.0468. The van der Waals surface area contributed by atoms with Gasteiger partial charge in [-0.15, -0.1) is 0 Å². The van der Waals surface area contributed by atoms with Crippen LogP contribution in [0.25, 0.3) is 0 Å². The minimum atomic E-state index is 0.399. The number of aliphatic imine (C=N–C) groups is 1. The fraction of sp³-hybridized carbons (Fsp3) is 0.812. The van der Waals surface area contributed by atoms with E-state index in [1.807, 2.05) is 6.92 Å². The van der Waals surface area contributed by atoms with Crippen molar-refractivity contribution in [2.45, 2.75) is 65.0 Å². The Morgan fingerprint density at radius 1 is 1.26 bits per heavy atom. The van der Waals surface area contributed by atoms with Crippen LogP contribution in [-0.2, 0) is 11.3 Å². The van der Waals surface area contributed by atoms with E-state index >= 15 is 0 Å². The Bertz CT molecular complexity index is 467. The van der Waals surface area contributed by atoms with E-state index in [2.05, 4.69) is 25.8 Å². The van der Waals surface area contributed by atoms with Crippen molar-refractivity contribution in [1.82, 2.24) is 20.8 Å². The van der Waals surface area contributed by atoms with Crippen molar-refractivity contribution >= 4 is 5.96 Å². The zero-order valence-corrected chi connectivity index (χ0v) is 14.3. The van der Waals surface area contributed by atoms with Gasteiger partial charge in [0, 0.05) is 20.0 Å². The van der Waals surface area contributed by atoms with Gasteiger partial charge in [0.15, 0.2) is 11.8 Å². The van der Waals surface area contributed by atoms with E-state index in [4.69, 9.17) is 9.26 Å². The number of aryl methyl sites for hydroxylation is 1. The molecule has 7 heteroatoms. The van der Waals surface area contributed by atoms with Crippen LogP contribution >= 0.6 is 0 Å². The molecule has 0 aliphatic heterocycles. The van der Waals surface area contributed by atoms with Crippen molar-refractivity contribution in [3.05, 3.63) is 11.7 Å². The standard InChI is InChI=1S/C16H29N5O2/c1-3-17-16(19-12-15-20-13(2)23-21-15)18-10-11-22-14-8-6-4-5-7-9-14/h14H,3-12H2,1-2H3,(H2,17,18,19). The molecule has 23 heavy (non-hydrogen) atoms. The van der Waals surface area contributed by atoms with E-state index in [0.29, 0.717) is 31.0 Å². The number of aromatic nitrogens is 2. The van der Waals surface area contributed by atoms with Crippen LogP contribution in [0.3, 0.4) is 0 Å². The molecule has 0 bridgehead atoms. The first kappa shape index (κ1) is 17.7. The van der Waals surface area contributed by atoms with Crippen molar-refractivity contribution in [2.24, 2.45) is 4.99 Å². The van der Waals surface area contributed by atoms with Crippen LogP contribution in [0.2, 0.25) is 0 Å². The van der Waals surface area contributed by atoms with Crippen LogP contribution in [0.15, 0.2) is 9.52 Å². The van der Waals surface area contributed by atoms with Crippen molar-refractivity contribution in [3.63, 3.8) is 0 Å². The molecule has 1 fully saturated rings. The largest absolute Gasteiger partial charge is 0.376 e. The number of ether oxygens (including phenoxy) is 1. The van der Waals surface area contributed by atoms with Gasteiger partial charge in [-0.3, -0.25) is 0 Å². The topological polar surface area (TPSA) is 84.6 Å².